The van der Waals surface area contributed by atoms with Crippen LogP contribution in [0.25, 0.3) is 0 Å². The van der Waals surface area contributed by atoms with Gasteiger partial charge in [-0.15, -0.1) is 0 Å². The summed E-state index contributed by atoms with van der Waals surface area (Å²) in [5, 5.41) is 37.7. The number of hydrogen-bond donors (Lipinski definition) is 10. The third-order valence-electron chi connectivity index (χ3n) is 5.25. The van der Waals surface area contributed by atoms with Gasteiger partial charge in [0.05, 0.1) is 25.3 Å². The van der Waals surface area contributed by atoms with E-state index in [2.05, 4.69) is 0 Å². The molecular formula is C22H36N10O13. The molecule has 0 aromatic carbocycles. The summed E-state index contributed by atoms with van der Waals surface area (Å²) in [5.74, 6) is 0. The maximum Gasteiger partial charge on any atom is 0.412 e. The van der Waals surface area contributed by atoms with Crippen molar-refractivity contribution in [1.82, 2.24) is 46.6 Å². The average molecular weight is 649 g/mol. The Kier molecular flexibility index (Phi) is 17.2. The van der Waals surface area contributed by atoms with Crippen LogP contribution in [0.1, 0.15) is 46.5 Å². The van der Waals surface area contributed by atoms with Crippen molar-refractivity contribution in [2.24, 2.45) is 5.73 Å². The number of rotatable bonds is 9. The molecule has 19 amide bonds. The summed E-state index contributed by atoms with van der Waals surface area (Å²) < 4.78 is 0. The van der Waals surface area contributed by atoms with Crippen molar-refractivity contribution in [2.75, 3.05) is 19.6 Å². The van der Waals surface area contributed by atoms with E-state index in [4.69, 9.17) is 10.8 Å². The fraction of sp³-hybridized carbons (Fsp3) is 0.545. The number of carbonyl (C=O) groups excluding carboxylic acids is 9. The zero-order valence-corrected chi connectivity index (χ0v) is 24.4. The number of aliphatic hydroxyl groups is 2. The minimum absolute atomic E-state index is 0.0591. The zero-order valence-electron chi connectivity index (χ0n) is 24.4. The standard InChI is InChI=1S/C22H36N10O13/c1-4-7-8-30(17(39)24-13(23)35)18(40)27-16(38)28-20(42)32(10-12(34)6-3)22(45)31(9-11(33)5-2)19(41)26-14(36)25-15(37)29-21(43)44/h11-12,33-34H,4-10H2,1-3H3,(H,43,44)(H3,23,24,35,39)(H2,27,28,38,40,42)(H3,25,26,29,36,37,41). The molecule has 0 saturated heterocycles. The van der Waals surface area contributed by atoms with Crippen LogP contribution in [0.3, 0.4) is 0 Å². The van der Waals surface area contributed by atoms with Crippen molar-refractivity contribution < 1.29 is 63.3 Å². The molecule has 2 unspecified atom stereocenters. The second kappa shape index (κ2) is 19.6. The molecule has 0 aliphatic rings. The van der Waals surface area contributed by atoms with Crippen LogP contribution >= 0.6 is 0 Å². The molecule has 252 valence electrons. The van der Waals surface area contributed by atoms with E-state index in [1.54, 1.807) is 22.9 Å². The molecule has 2 atom stereocenters. The highest BCUT2D eigenvalue weighted by molar-refractivity contribution is 6.11. The van der Waals surface area contributed by atoms with Crippen LogP contribution < -0.4 is 37.6 Å². The summed E-state index contributed by atoms with van der Waals surface area (Å²) >= 11 is 0. The highest BCUT2D eigenvalue weighted by atomic mass is 16.4. The Morgan fingerprint density at radius 2 is 0.978 bits per heavy atom. The Morgan fingerprint density at radius 1 is 0.600 bits per heavy atom. The number of nitrogens with zero attached hydrogens (tertiary/aromatic N) is 3. The number of amides is 19. The van der Waals surface area contributed by atoms with Gasteiger partial charge in [-0.05, 0) is 19.3 Å². The third-order valence-corrected chi connectivity index (χ3v) is 5.25. The Labute approximate surface area is 254 Å². The predicted octanol–water partition coefficient (Wildman–Crippen LogP) is -0.511. The van der Waals surface area contributed by atoms with E-state index in [-0.39, 0.29) is 35.6 Å². The summed E-state index contributed by atoms with van der Waals surface area (Å²) in [5.41, 5.74) is 4.87. The minimum Gasteiger partial charge on any atom is -0.465 e. The number of unbranched alkanes of at least 4 members (excludes halogenated alkanes) is 1. The molecule has 0 rings (SSSR count). The molecule has 0 aliphatic heterocycles. The van der Waals surface area contributed by atoms with Crippen molar-refractivity contribution >= 4 is 60.4 Å². The molecule has 23 heteroatoms. The smallest absolute Gasteiger partial charge is 0.412 e. The van der Waals surface area contributed by atoms with E-state index in [1.165, 1.54) is 29.8 Å². The molecule has 45 heavy (non-hydrogen) atoms. The van der Waals surface area contributed by atoms with E-state index in [1.807, 2.05) is 0 Å². The number of hydrogen-bond acceptors (Lipinski definition) is 12. The SMILES string of the molecule is CCCCN(C(=O)NC(N)=O)C(=O)NC(=O)NC(=O)N(CC(O)CC)C(=O)N(CC(O)CC)C(=O)NC(=O)NC(=O)NC(=O)O. The molecule has 0 aliphatic carbocycles. The van der Waals surface area contributed by atoms with Gasteiger partial charge in [0.15, 0.2) is 0 Å². The first-order chi connectivity index (χ1) is 21.0. The summed E-state index contributed by atoms with van der Waals surface area (Å²) in [6, 6.07) is -13.7. The van der Waals surface area contributed by atoms with E-state index >= 15 is 0 Å². The second-order valence-corrected chi connectivity index (χ2v) is 8.76. The van der Waals surface area contributed by atoms with E-state index < -0.39 is 85.7 Å². The van der Waals surface area contributed by atoms with Crippen LogP contribution in [0.4, 0.5) is 47.9 Å². The topological polar surface area (TPSA) is 339 Å². The maximum atomic E-state index is 13.3. The largest absolute Gasteiger partial charge is 0.465 e. The molecule has 0 aromatic heterocycles. The summed E-state index contributed by atoms with van der Waals surface area (Å²) in [6.07, 6.45) is -4.12. The van der Waals surface area contributed by atoms with Crippen LogP contribution in [0.15, 0.2) is 0 Å². The molecule has 0 bridgehead atoms. The van der Waals surface area contributed by atoms with Crippen LogP contribution in [-0.4, -0.2) is 122 Å². The molecule has 0 radical (unpaired) electrons. The Morgan fingerprint density at radius 3 is 1.36 bits per heavy atom. The van der Waals surface area contributed by atoms with Crippen molar-refractivity contribution in [3.8, 4) is 0 Å². The lowest BCUT2D eigenvalue weighted by molar-refractivity contribution is 0.0953. The first-order valence-electron chi connectivity index (χ1n) is 13.1. The normalized spacial score (nSPS) is 11.4. The van der Waals surface area contributed by atoms with Gasteiger partial charge in [-0.25, -0.2) is 68.0 Å². The fourth-order valence-corrected chi connectivity index (χ4v) is 2.89. The van der Waals surface area contributed by atoms with Gasteiger partial charge in [-0.2, -0.15) is 0 Å². The van der Waals surface area contributed by atoms with Gasteiger partial charge in [0.25, 0.3) is 0 Å². The minimum atomic E-state index is -1.85. The zero-order chi connectivity index (χ0) is 34.9. The lowest BCUT2D eigenvalue weighted by Gasteiger charge is -2.30. The van der Waals surface area contributed by atoms with Gasteiger partial charge in [-0.1, -0.05) is 27.2 Å². The van der Waals surface area contributed by atoms with Crippen LogP contribution in [-0.2, 0) is 0 Å². The van der Waals surface area contributed by atoms with E-state index in [0.29, 0.717) is 11.3 Å². The summed E-state index contributed by atoms with van der Waals surface area (Å²) in [6.45, 7) is 2.56. The average Bonchev–Trinajstić information content (AvgIpc) is 2.92. The second-order valence-electron chi connectivity index (χ2n) is 8.76. The van der Waals surface area contributed by atoms with Crippen LogP contribution in [0.5, 0.6) is 0 Å². The molecule has 0 saturated carbocycles. The number of primary amides is 1. The first kappa shape index (κ1) is 39.4. The number of imide groups is 9. The summed E-state index contributed by atoms with van der Waals surface area (Å²) in [7, 11) is 0. The highest BCUT2D eigenvalue weighted by Gasteiger charge is 2.35. The molecule has 23 nitrogen and oxygen atoms in total. The van der Waals surface area contributed by atoms with Crippen molar-refractivity contribution in [1.29, 1.82) is 0 Å². The van der Waals surface area contributed by atoms with Gasteiger partial charge >= 0.3 is 60.4 Å². The molecular weight excluding hydrogens is 612 g/mol. The molecule has 0 aromatic rings. The van der Waals surface area contributed by atoms with Gasteiger partial charge in [-0.3, -0.25) is 26.6 Å². The Hall–Kier alpha value is -5.58. The monoisotopic (exact) mass is 648 g/mol. The van der Waals surface area contributed by atoms with E-state index in [9.17, 15) is 58.2 Å². The fourth-order valence-electron chi connectivity index (χ4n) is 2.89. The lowest BCUT2D eigenvalue weighted by Crippen LogP contribution is -2.60. The van der Waals surface area contributed by atoms with Gasteiger partial charge in [0.1, 0.15) is 0 Å². The maximum absolute atomic E-state index is 13.3. The first-order valence-corrected chi connectivity index (χ1v) is 13.1. The van der Waals surface area contributed by atoms with Crippen molar-refractivity contribution in [3.63, 3.8) is 0 Å². The van der Waals surface area contributed by atoms with Crippen molar-refractivity contribution in [2.45, 2.75) is 58.7 Å². The van der Waals surface area contributed by atoms with Gasteiger partial charge in [0.2, 0.25) is 0 Å². The Balaban J connectivity index is 6.02. The number of urea groups is 9. The number of carbonyl (C=O) groups is 10. The third kappa shape index (κ3) is 14.9. The Bertz CT molecular complexity index is 1160. The number of carboxylic acid groups (broad SMARTS) is 1. The lowest BCUT2D eigenvalue weighted by atomic mass is 10.2. The van der Waals surface area contributed by atoms with Gasteiger partial charge in [0, 0.05) is 6.54 Å². The van der Waals surface area contributed by atoms with Crippen LogP contribution in [0.2, 0.25) is 0 Å². The quantitative estimate of drug-likeness (QED) is 0.151. The highest BCUT2D eigenvalue weighted by Crippen LogP contribution is 2.08. The molecule has 0 fully saturated rings. The summed E-state index contributed by atoms with van der Waals surface area (Å²) in [4.78, 5) is 122. The van der Waals surface area contributed by atoms with Gasteiger partial charge < -0.3 is 21.1 Å². The molecule has 0 spiro atoms. The van der Waals surface area contributed by atoms with Crippen molar-refractivity contribution in [3.05, 3.63) is 0 Å². The molecule has 0 heterocycles. The van der Waals surface area contributed by atoms with E-state index in [0.717, 1.165) is 0 Å². The van der Waals surface area contributed by atoms with Crippen LogP contribution in [0, 0.1) is 0 Å². The number of nitrogens with two attached hydrogens (primary N) is 1. The molecule has 11 N–H and O–H groups in total. The number of nitrogens with one attached hydrogen (secondary N) is 6. The number of aliphatic hydroxyl groups excluding tert-OH is 2. The predicted molar refractivity (Wildman–Crippen MR) is 147 cm³/mol.